The van der Waals surface area contributed by atoms with Gasteiger partial charge in [0, 0.05) is 0 Å². The minimum atomic E-state index is -0.693. The third-order valence-electron chi connectivity index (χ3n) is 1.81. The highest BCUT2D eigenvalue weighted by Gasteiger charge is 2.20. The molecule has 0 aliphatic carbocycles. The molecule has 14 heavy (non-hydrogen) atoms. The van der Waals surface area contributed by atoms with Crippen molar-refractivity contribution in [3.63, 3.8) is 0 Å². The quantitative estimate of drug-likeness (QED) is 0.703. The van der Waals surface area contributed by atoms with E-state index in [0.29, 0.717) is 5.56 Å². The van der Waals surface area contributed by atoms with Crippen LogP contribution in [0.5, 0.6) is 11.5 Å². The highest BCUT2D eigenvalue weighted by Crippen LogP contribution is 2.37. The maximum absolute atomic E-state index is 11.2. The number of carbonyl (C=O) groups excluding carboxylic acids is 1. The standard InChI is InChI=1S/C9H9ClO4/c1-4-3-5(11)7(10)8(12)6(4)9(13)14-2/h3,11-12H,1-2H3. The predicted octanol–water partition coefficient (Wildman–Crippen LogP) is 1.85. The third-order valence-corrected chi connectivity index (χ3v) is 2.18. The number of esters is 1. The number of phenolic OH excluding ortho intramolecular Hbond substituents is 2. The Labute approximate surface area is 85.7 Å². The van der Waals surface area contributed by atoms with E-state index in [4.69, 9.17) is 11.6 Å². The number of rotatable bonds is 1. The molecule has 5 heteroatoms. The largest absolute Gasteiger partial charge is 0.506 e. The molecule has 0 aromatic heterocycles. The van der Waals surface area contributed by atoms with Gasteiger partial charge in [0.25, 0.3) is 0 Å². The molecule has 0 spiro atoms. The Hall–Kier alpha value is -1.42. The maximum Gasteiger partial charge on any atom is 0.341 e. The van der Waals surface area contributed by atoms with Crippen LogP contribution in [0.2, 0.25) is 5.02 Å². The molecule has 0 radical (unpaired) electrons. The van der Waals surface area contributed by atoms with E-state index < -0.39 is 11.7 Å². The summed E-state index contributed by atoms with van der Waals surface area (Å²) in [5.41, 5.74) is 0.367. The topological polar surface area (TPSA) is 66.8 Å². The number of hydrogen-bond acceptors (Lipinski definition) is 4. The summed E-state index contributed by atoms with van der Waals surface area (Å²) in [6, 6.07) is 1.29. The molecule has 0 saturated carbocycles. The Balaban J connectivity index is 3.44. The molecule has 0 saturated heterocycles. The second-order valence-electron chi connectivity index (χ2n) is 2.74. The number of aromatic hydroxyl groups is 2. The molecular formula is C9H9ClO4. The smallest absolute Gasteiger partial charge is 0.341 e. The van der Waals surface area contributed by atoms with Gasteiger partial charge < -0.3 is 14.9 Å². The highest BCUT2D eigenvalue weighted by molar-refractivity contribution is 6.34. The number of hydrogen-bond donors (Lipinski definition) is 2. The average molecular weight is 217 g/mol. The summed E-state index contributed by atoms with van der Waals surface area (Å²) in [6.07, 6.45) is 0. The lowest BCUT2D eigenvalue weighted by molar-refractivity contribution is 0.0596. The Bertz CT molecular complexity index is 387. The van der Waals surface area contributed by atoms with Gasteiger partial charge in [0.2, 0.25) is 0 Å². The van der Waals surface area contributed by atoms with Crippen LogP contribution in [-0.4, -0.2) is 23.3 Å². The SMILES string of the molecule is COC(=O)c1c(C)cc(O)c(Cl)c1O. The van der Waals surface area contributed by atoms with Crippen molar-refractivity contribution in [3.05, 3.63) is 22.2 Å². The van der Waals surface area contributed by atoms with E-state index in [1.165, 1.54) is 13.2 Å². The van der Waals surface area contributed by atoms with Gasteiger partial charge in [-0.3, -0.25) is 0 Å². The molecule has 0 bridgehead atoms. The van der Waals surface area contributed by atoms with Crippen LogP contribution in [0.1, 0.15) is 15.9 Å². The molecule has 76 valence electrons. The molecule has 0 heterocycles. The summed E-state index contributed by atoms with van der Waals surface area (Å²) in [5, 5.41) is 18.4. The van der Waals surface area contributed by atoms with Gasteiger partial charge in [-0.1, -0.05) is 11.6 Å². The summed E-state index contributed by atoms with van der Waals surface area (Å²) < 4.78 is 4.45. The van der Waals surface area contributed by atoms with Crippen molar-refractivity contribution in [2.45, 2.75) is 6.92 Å². The average Bonchev–Trinajstić information content (AvgIpc) is 2.14. The lowest BCUT2D eigenvalue weighted by atomic mass is 10.1. The fraction of sp³-hybridized carbons (Fsp3) is 0.222. The van der Waals surface area contributed by atoms with Crippen LogP contribution >= 0.6 is 11.6 Å². The lowest BCUT2D eigenvalue weighted by Gasteiger charge is -2.08. The van der Waals surface area contributed by atoms with Crippen molar-refractivity contribution in [2.75, 3.05) is 7.11 Å². The van der Waals surface area contributed by atoms with Gasteiger partial charge >= 0.3 is 5.97 Å². The van der Waals surface area contributed by atoms with Gasteiger partial charge in [-0.05, 0) is 18.6 Å². The molecule has 2 N–H and O–H groups in total. The third kappa shape index (κ3) is 1.61. The van der Waals surface area contributed by atoms with Crippen LogP contribution in [0, 0.1) is 6.92 Å². The second kappa shape index (κ2) is 3.75. The van der Waals surface area contributed by atoms with E-state index in [2.05, 4.69) is 4.74 Å². The highest BCUT2D eigenvalue weighted by atomic mass is 35.5. The zero-order chi connectivity index (χ0) is 10.9. The van der Waals surface area contributed by atoms with E-state index in [9.17, 15) is 15.0 Å². The molecule has 0 fully saturated rings. The minimum Gasteiger partial charge on any atom is -0.506 e. The Morgan fingerprint density at radius 1 is 1.50 bits per heavy atom. The van der Waals surface area contributed by atoms with Crippen LogP contribution in [0.3, 0.4) is 0 Å². The molecule has 0 amide bonds. The van der Waals surface area contributed by atoms with Gasteiger partial charge in [0.15, 0.2) is 5.75 Å². The first kappa shape index (κ1) is 10.7. The number of methoxy groups -OCH3 is 1. The number of phenols is 2. The van der Waals surface area contributed by atoms with Gasteiger partial charge in [-0.15, -0.1) is 0 Å². The van der Waals surface area contributed by atoms with Gasteiger partial charge in [-0.25, -0.2) is 4.79 Å². The number of aryl methyl sites for hydroxylation is 1. The molecule has 0 aliphatic rings. The lowest BCUT2D eigenvalue weighted by Crippen LogP contribution is -2.04. The Morgan fingerprint density at radius 3 is 2.57 bits per heavy atom. The molecule has 4 nitrogen and oxygen atoms in total. The van der Waals surface area contributed by atoms with Gasteiger partial charge in [0.05, 0.1) is 7.11 Å². The fourth-order valence-corrected chi connectivity index (χ4v) is 1.27. The first-order valence-corrected chi connectivity index (χ1v) is 4.16. The van der Waals surface area contributed by atoms with Crippen molar-refractivity contribution in [2.24, 2.45) is 0 Å². The van der Waals surface area contributed by atoms with E-state index in [1.54, 1.807) is 6.92 Å². The Kier molecular flexibility index (Phi) is 2.86. The summed E-state index contributed by atoms with van der Waals surface area (Å²) in [7, 11) is 1.20. The van der Waals surface area contributed by atoms with Crippen LogP contribution in [-0.2, 0) is 4.74 Å². The predicted molar refractivity (Wildman–Crippen MR) is 50.9 cm³/mol. The van der Waals surface area contributed by atoms with Crippen molar-refractivity contribution < 1.29 is 19.7 Å². The van der Waals surface area contributed by atoms with Crippen molar-refractivity contribution in [3.8, 4) is 11.5 Å². The second-order valence-corrected chi connectivity index (χ2v) is 3.12. The minimum absolute atomic E-state index is 0.0321. The maximum atomic E-state index is 11.2. The van der Waals surface area contributed by atoms with E-state index in [0.717, 1.165) is 0 Å². The monoisotopic (exact) mass is 216 g/mol. The molecule has 0 unspecified atom stereocenters. The van der Waals surface area contributed by atoms with Crippen LogP contribution in [0.15, 0.2) is 6.07 Å². The molecule has 1 aromatic carbocycles. The van der Waals surface area contributed by atoms with Crippen LogP contribution < -0.4 is 0 Å². The summed E-state index contributed by atoms with van der Waals surface area (Å²) in [5.74, 6) is -1.42. The molecule has 0 atom stereocenters. The fourth-order valence-electron chi connectivity index (χ4n) is 1.12. The number of ether oxygens (including phenoxy) is 1. The number of benzene rings is 1. The molecule has 1 rings (SSSR count). The van der Waals surface area contributed by atoms with Gasteiger partial charge in [-0.2, -0.15) is 0 Å². The van der Waals surface area contributed by atoms with E-state index in [-0.39, 0.29) is 16.3 Å². The summed E-state index contributed by atoms with van der Waals surface area (Å²) in [6.45, 7) is 1.56. The van der Waals surface area contributed by atoms with E-state index >= 15 is 0 Å². The Morgan fingerprint density at radius 2 is 2.07 bits per heavy atom. The van der Waals surface area contributed by atoms with Crippen LogP contribution in [0.4, 0.5) is 0 Å². The van der Waals surface area contributed by atoms with Gasteiger partial charge in [0.1, 0.15) is 16.3 Å². The van der Waals surface area contributed by atoms with Crippen molar-refractivity contribution in [1.29, 1.82) is 0 Å². The van der Waals surface area contributed by atoms with E-state index in [1.807, 2.05) is 0 Å². The van der Waals surface area contributed by atoms with Crippen LogP contribution in [0.25, 0.3) is 0 Å². The van der Waals surface area contributed by atoms with Crippen molar-refractivity contribution in [1.82, 2.24) is 0 Å². The first-order valence-electron chi connectivity index (χ1n) is 3.78. The number of halogens is 1. The molecule has 1 aromatic rings. The normalized spacial score (nSPS) is 9.93. The zero-order valence-corrected chi connectivity index (χ0v) is 8.42. The number of carbonyl (C=O) groups is 1. The van der Waals surface area contributed by atoms with Crippen molar-refractivity contribution >= 4 is 17.6 Å². The summed E-state index contributed by atoms with van der Waals surface area (Å²) in [4.78, 5) is 11.2. The first-order chi connectivity index (χ1) is 6.49. The molecular weight excluding hydrogens is 208 g/mol. The molecule has 0 aliphatic heterocycles. The summed E-state index contributed by atoms with van der Waals surface area (Å²) >= 11 is 5.55. The zero-order valence-electron chi connectivity index (χ0n) is 7.67.